The monoisotopic (exact) mass is 333 g/mol. The summed E-state index contributed by atoms with van der Waals surface area (Å²) in [4.78, 5) is -0.456. The molecule has 0 atom stereocenters. The van der Waals surface area contributed by atoms with Crippen molar-refractivity contribution < 1.29 is 13.2 Å². The molecule has 112 valence electrons. The third-order valence-electron chi connectivity index (χ3n) is 2.94. The topological polar surface area (TPSA) is 67.2 Å². The van der Waals surface area contributed by atoms with Crippen LogP contribution in [0.4, 0.5) is 0 Å². The first-order valence-electron chi connectivity index (χ1n) is 6.25. The lowest BCUT2D eigenvalue weighted by Crippen LogP contribution is -2.07. The SMILES string of the molecule is CO/C(=C(/C#N)S(=O)(=O)c1ccc(Cl)cc1)c1ccccc1. The molecule has 6 heteroatoms. The van der Waals surface area contributed by atoms with Crippen molar-refractivity contribution in [1.82, 2.24) is 0 Å². The summed E-state index contributed by atoms with van der Waals surface area (Å²) >= 11 is 5.76. The van der Waals surface area contributed by atoms with E-state index in [0.29, 0.717) is 10.6 Å². The Morgan fingerprint density at radius 3 is 2.18 bits per heavy atom. The van der Waals surface area contributed by atoms with E-state index in [1.165, 1.54) is 31.4 Å². The molecule has 0 aliphatic carbocycles. The van der Waals surface area contributed by atoms with E-state index in [-0.39, 0.29) is 10.7 Å². The Hall–Kier alpha value is -2.29. The van der Waals surface area contributed by atoms with E-state index in [9.17, 15) is 13.7 Å². The van der Waals surface area contributed by atoms with Crippen LogP contribution in [0.2, 0.25) is 5.02 Å². The highest BCUT2D eigenvalue weighted by Gasteiger charge is 2.26. The highest BCUT2D eigenvalue weighted by Crippen LogP contribution is 2.28. The molecule has 0 radical (unpaired) electrons. The maximum atomic E-state index is 12.6. The van der Waals surface area contributed by atoms with Gasteiger partial charge >= 0.3 is 0 Å². The zero-order valence-electron chi connectivity index (χ0n) is 11.7. The summed E-state index contributed by atoms with van der Waals surface area (Å²) in [6.07, 6.45) is 0. The smallest absolute Gasteiger partial charge is 0.220 e. The van der Waals surface area contributed by atoms with Gasteiger partial charge in [-0.05, 0) is 24.3 Å². The highest BCUT2D eigenvalue weighted by molar-refractivity contribution is 7.95. The molecule has 4 nitrogen and oxygen atoms in total. The molecule has 0 heterocycles. The van der Waals surface area contributed by atoms with Crippen LogP contribution in [-0.2, 0) is 14.6 Å². The van der Waals surface area contributed by atoms with Crippen LogP contribution in [0.15, 0.2) is 64.4 Å². The van der Waals surface area contributed by atoms with Gasteiger partial charge in [-0.1, -0.05) is 41.9 Å². The molecule has 2 rings (SSSR count). The van der Waals surface area contributed by atoms with E-state index >= 15 is 0 Å². The van der Waals surface area contributed by atoms with E-state index in [0.717, 1.165) is 0 Å². The summed E-state index contributed by atoms with van der Waals surface area (Å²) in [5.74, 6) is 0.0121. The van der Waals surface area contributed by atoms with Crippen LogP contribution in [0.3, 0.4) is 0 Å². The molecule has 0 spiro atoms. The van der Waals surface area contributed by atoms with Crippen LogP contribution in [0.5, 0.6) is 0 Å². The Kier molecular flexibility index (Phi) is 4.86. The Morgan fingerprint density at radius 2 is 1.68 bits per heavy atom. The predicted molar refractivity (Wildman–Crippen MR) is 84.6 cm³/mol. The normalized spacial score (nSPS) is 12.2. The van der Waals surface area contributed by atoms with Crippen molar-refractivity contribution in [3.8, 4) is 6.07 Å². The molecule has 0 aliphatic rings. The Morgan fingerprint density at radius 1 is 1.09 bits per heavy atom. The largest absolute Gasteiger partial charge is 0.494 e. The molecule has 0 N–H and O–H groups in total. The number of methoxy groups -OCH3 is 1. The van der Waals surface area contributed by atoms with Gasteiger partial charge in [0, 0.05) is 10.6 Å². The minimum Gasteiger partial charge on any atom is -0.494 e. The van der Waals surface area contributed by atoms with Crippen molar-refractivity contribution in [2.75, 3.05) is 7.11 Å². The molecular formula is C16H12ClNO3S. The molecule has 0 saturated heterocycles. The summed E-state index contributed by atoms with van der Waals surface area (Å²) in [7, 11) is -2.66. The van der Waals surface area contributed by atoms with Crippen LogP contribution < -0.4 is 0 Å². The number of nitriles is 1. The maximum Gasteiger partial charge on any atom is 0.220 e. The Labute approximate surface area is 134 Å². The van der Waals surface area contributed by atoms with Gasteiger partial charge in [0.2, 0.25) is 9.84 Å². The predicted octanol–water partition coefficient (Wildman–Crippen LogP) is 3.65. The summed E-state index contributed by atoms with van der Waals surface area (Å²) in [6, 6.07) is 16.0. The summed E-state index contributed by atoms with van der Waals surface area (Å²) in [5.41, 5.74) is 0.513. The third kappa shape index (κ3) is 3.14. The van der Waals surface area contributed by atoms with Gasteiger partial charge in [-0.25, -0.2) is 8.42 Å². The number of nitrogens with zero attached hydrogens (tertiary/aromatic N) is 1. The first-order chi connectivity index (χ1) is 10.5. The van der Waals surface area contributed by atoms with Crippen molar-refractivity contribution in [2.24, 2.45) is 0 Å². The second kappa shape index (κ2) is 6.65. The van der Waals surface area contributed by atoms with Gasteiger partial charge in [-0.2, -0.15) is 5.26 Å². The Balaban J connectivity index is 2.66. The summed E-state index contributed by atoms with van der Waals surface area (Å²) in [6.45, 7) is 0. The van der Waals surface area contributed by atoms with Crippen LogP contribution >= 0.6 is 11.6 Å². The quantitative estimate of drug-likeness (QED) is 0.632. The minimum atomic E-state index is -3.99. The lowest BCUT2D eigenvalue weighted by molar-refractivity contribution is 0.369. The number of sulfone groups is 1. The first-order valence-corrected chi connectivity index (χ1v) is 8.11. The number of benzene rings is 2. The highest BCUT2D eigenvalue weighted by atomic mass is 35.5. The number of halogens is 1. The molecular weight excluding hydrogens is 322 g/mol. The van der Waals surface area contributed by atoms with Gasteiger partial charge < -0.3 is 4.74 Å². The fourth-order valence-corrected chi connectivity index (χ4v) is 3.32. The summed E-state index contributed by atoms with van der Waals surface area (Å²) in [5, 5.41) is 9.76. The molecule has 0 saturated carbocycles. The molecule has 0 unspecified atom stereocenters. The van der Waals surface area contributed by atoms with Crippen molar-refractivity contribution in [3.05, 3.63) is 70.1 Å². The number of allylic oxidation sites excluding steroid dienone is 1. The van der Waals surface area contributed by atoms with Crippen molar-refractivity contribution >= 4 is 27.2 Å². The maximum absolute atomic E-state index is 12.6. The summed E-state index contributed by atoms with van der Waals surface area (Å²) < 4.78 is 30.5. The fraction of sp³-hybridized carbons (Fsp3) is 0.0625. The van der Waals surface area contributed by atoms with Gasteiger partial charge in [0.15, 0.2) is 10.7 Å². The van der Waals surface area contributed by atoms with Gasteiger partial charge in [0.1, 0.15) is 6.07 Å². The number of hydrogen-bond donors (Lipinski definition) is 0. The molecule has 22 heavy (non-hydrogen) atoms. The zero-order chi connectivity index (χ0) is 16.2. The van der Waals surface area contributed by atoms with E-state index in [1.807, 2.05) is 0 Å². The fourth-order valence-electron chi connectivity index (χ4n) is 1.90. The van der Waals surface area contributed by atoms with Crippen molar-refractivity contribution in [2.45, 2.75) is 4.90 Å². The minimum absolute atomic E-state index is 0.0121. The van der Waals surface area contributed by atoms with Crippen LogP contribution in [0.25, 0.3) is 5.76 Å². The number of rotatable bonds is 4. The average molecular weight is 334 g/mol. The molecule has 0 amide bonds. The van der Waals surface area contributed by atoms with E-state index in [4.69, 9.17) is 16.3 Å². The van der Waals surface area contributed by atoms with Crippen molar-refractivity contribution in [3.63, 3.8) is 0 Å². The third-order valence-corrected chi connectivity index (χ3v) is 4.90. The molecule has 0 bridgehead atoms. The molecule has 0 aliphatic heterocycles. The van der Waals surface area contributed by atoms with E-state index in [1.54, 1.807) is 36.4 Å². The lowest BCUT2D eigenvalue weighted by atomic mass is 10.2. The van der Waals surface area contributed by atoms with Gasteiger partial charge in [-0.15, -0.1) is 0 Å². The van der Waals surface area contributed by atoms with Crippen LogP contribution in [-0.4, -0.2) is 15.5 Å². The van der Waals surface area contributed by atoms with Crippen molar-refractivity contribution in [1.29, 1.82) is 5.26 Å². The number of ether oxygens (including phenoxy) is 1. The molecule has 2 aromatic rings. The van der Waals surface area contributed by atoms with Gasteiger partial charge in [0.25, 0.3) is 0 Å². The zero-order valence-corrected chi connectivity index (χ0v) is 13.2. The van der Waals surface area contributed by atoms with Gasteiger partial charge in [-0.3, -0.25) is 0 Å². The van der Waals surface area contributed by atoms with Crippen LogP contribution in [0.1, 0.15) is 5.56 Å². The van der Waals surface area contributed by atoms with Crippen LogP contribution in [0, 0.1) is 11.3 Å². The molecule has 0 fully saturated rings. The Bertz CT molecular complexity index is 835. The van der Waals surface area contributed by atoms with Gasteiger partial charge in [0.05, 0.1) is 12.0 Å². The second-order valence-corrected chi connectivity index (χ2v) is 6.62. The number of hydrogen-bond acceptors (Lipinski definition) is 4. The molecule has 2 aromatic carbocycles. The average Bonchev–Trinajstić information content (AvgIpc) is 2.53. The standard InChI is InChI=1S/C16H12ClNO3S/c1-21-16(12-5-3-2-4-6-12)15(11-18)22(19,20)14-9-7-13(17)8-10-14/h2-10H,1H3/b16-15-. The van der Waals surface area contributed by atoms with E-state index in [2.05, 4.69) is 0 Å². The van der Waals surface area contributed by atoms with E-state index < -0.39 is 14.7 Å². The first kappa shape index (κ1) is 16.1. The lowest BCUT2D eigenvalue weighted by Gasteiger charge is -2.10. The molecule has 0 aromatic heterocycles. The second-order valence-electron chi connectivity index (χ2n) is 4.30.